The molecule has 0 atom stereocenters. The molecule has 1 fully saturated rings. The van der Waals surface area contributed by atoms with E-state index in [1.165, 1.54) is 0 Å². The Labute approximate surface area is 103 Å². The van der Waals surface area contributed by atoms with Crippen LogP contribution in [0.2, 0.25) is 0 Å². The Morgan fingerprint density at radius 2 is 1.81 bits per heavy atom. The highest BCUT2D eigenvalue weighted by molar-refractivity contribution is 9.10. The first-order chi connectivity index (χ1) is 7.65. The summed E-state index contributed by atoms with van der Waals surface area (Å²) in [5, 5.41) is 0. The van der Waals surface area contributed by atoms with Gasteiger partial charge in [-0.3, -0.25) is 0 Å². The molecule has 0 radical (unpaired) electrons. The van der Waals surface area contributed by atoms with Crippen LogP contribution in [0.25, 0.3) is 0 Å². The van der Waals surface area contributed by atoms with Crippen LogP contribution in [0.4, 0.5) is 8.78 Å². The molecule has 1 aromatic carbocycles. The molecule has 0 unspecified atom stereocenters. The second kappa shape index (κ2) is 4.82. The first-order valence-corrected chi connectivity index (χ1v) is 6.49. The van der Waals surface area contributed by atoms with Crippen molar-refractivity contribution in [2.45, 2.75) is 43.9 Å². The normalized spacial score (nSPS) is 20.0. The topological polar surface area (TPSA) is 0 Å². The summed E-state index contributed by atoms with van der Waals surface area (Å²) in [6.07, 6.45) is 1.88. The van der Waals surface area contributed by atoms with Gasteiger partial charge < -0.3 is 0 Å². The Morgan fingerprint density at radius 3 is 2.38 bits per heavy atom. The molecule has 0 N–H and O–H groups in total. The van der Waals surface area contributed by atoms with Gasteiger partial charge in [0.05, 0.1) is 5.41 Å². The minimum atomic E-state index is -2.26. The molecule has 16 heavy (non-hydrogen) atoms. The third-order valence-corrected chi connectivity index (χ3v) is 4.06. The summed E-state index contributed by atoms with van der Waals surface area (Å²) in [7, 11) is 0. The van der Waals surface area contributed by atoms with Crippen molar-refractivity contribution < 1.29 is 8.78 Å². The lowest BCUT2D eigenvalue weighted by molar-refractivity contribution is 0.0254. The minimum absolute atomic E-state index is 0.612. The third-order valence-electron chi connectivity index (χ3n) is 3.56. The fraction of sp³-hybridized carbons (Fsp3) is 0.538. The van der Waals surface area contributed by atoms with E-state index in [4.69, 9.17) is 0 Å². The molecule has 2 rings (SSSR count). The predicted molar refractivity (Wildman–Crippen MR) is 64.9 cm³/mol. The third kappa shape index (κ3) is 2.15. The van der Waals surface area contributed by atoms with Crippen LogP contribution in [-0.4, -0.2) is 6.43 Å². The number of rotatable bonds is 2. The Hall–Kier alpha value is -0.440. The van der Waals surface area contributed by atoms with Crippen molar-refractivity contribution in [3.05, 3.63) is 34.3 Å². The number of hydrogen-bond acceptors (Lipinski definition) is 0. The molecule has 0 spiro atoms. The maximum atomic E-state index is 13.4. The summed E-state index contributed by atoms with van der Waals surface area (Å²) >= 11 is 3.36. The summed E-state index contributed by atoms with van der Waals surface area (Å²) in [4.78, 5) is 0. The maximum Gasteiger partial charge on any atom is 0.248 e. The average molecular weight is 289 g/mol. The van der Waals surface area contributed by atoms with Gasteiger partial charge in [-0.05, 0) is 30.5 Å². The fourth-order valence-corrected chi connectivity index (χ4v) is 3.01. The molecule has 0 heterocycles. The Morgan fingerprint density at radius 1 is 1.12 bits per heavy atom. The van der Waals surface area contributed by atoms with Gasteiger partial charge in [-0.2, -0.15) is 0 Å². The van der Waals surface area contributed by atoms with Gasteiger partial charge in [-0.15, -0.1) is 0 Å². The van der Waals surface area contributed by atoms with Crippen molar-refractivity contribution in [3.8, 4) is 0 Å². The van der Waals surface area contributed by atoms with E-state index >= 15 is 0 Å². The van der Waals surface area contributed by atoms with E-state index in [9.17, 15) is 8.78 Å². The van der Waals surface area contributed by atoms with E-state index in [1.807, 2.05) is 24.3 Å². The monoisotopic (exact) mass is 288 g/mol. The van der Waals surface area contributed by atoms with Crippen molar-refractivity contribution in [1.82, 2.24) is 0 Å². The van der Waals surface area contributed by atoms with Crippen LogP contribution in [0.5, 0.6) is 0 Å². The minimum Gasteiger partial charge on any atom is -0.210 e. The van der Waals surface area contributed by atoms with Crippen molar-refractivity contribution in [1.29, 1.82) is 0 Å². The lowest BCUT2D eigenvalue weighted by Gasteiger charge is -2.37. The molecule has 88 valence electrons. The summed E-state index contributed by atoms with van der Waals surface area (Å²) in [6, 6.07) is 7.41. The van der Waals surface area contributed by atoms with Crippen molar-refractivity contribution in [3.63, 3.8) is 0 Å². The lowest BCUT2D eigenvalue weighted by Crippen LogP contribution is -2.36. The zero-order valence-corrected chi connectivity index (χ0v) is 10.6. The SMILES string of the molecule is FC(F)C1(c2cccc(Br)c2)CCCCC1. The highest BCUT2D eigenvalue weighted by atomic mass is 79.9. The number of hydrogen-bond donors (Lipinski definition) is 0. The molecule has 0 bridgehead atoms. The summed E-state index contributed by atoms with van der Waals surface area (Å²) < 4.78 is 27.6. The Bertz CT molecular complexity index is 357. The van der Waals surface area contributed by atoms with Gasteiger partial charge in [0.2, 0.25) is 6.43 Å². The quantitative estimate of drug-likeness (QED) is 0.725. The summed E-state index contributed by atoms with van der Waals surface area (Å²) in [5.74, 6) is 0. The Balaban J connectivity index is 2.38. The van der Waals surface area contributed by atoms with Gasteiger partial charge in [0.1, 0.15) is 0 Å². The van der Waals surface area contributed by atoms with E-state index in [0.29, 0.717) is 12.8 Å². The zero-order valence-electron chi connectivity index (χ0n) is 9.06. The number of alkyl halides is 2. The van der Waals surface area contributed by atoms with Gasteiger partial charge >= 0.3 is 0 Å². The van der Waals surface area contributed by atoms with E-state index in [2.05, 4.69) is 15.9 Å². The van der Waals surface area contributed by atoms with Gasteiger partial charge in [0.25, 0.3) is 0 Å². The zero-order chi connectivity index (χ0) is 11.6. The molecule has 1 aliphatic carbocycles. The lowest BCUT2D eigenvalue weighted by atomic mass is 9.70. The number of benzene rings is 1. The molecule has 1 saturated carbocycles. The van der Waals surface area contributed by atoms with Crippen LogP contribution in [0, 0.1) is 0 Å². The molecule has 0 aliphatic heterocycles. The molecule has 0 saturated heterocycles. The van der Waals surface area contributed by atoms with Gasteiger partial charge in [0, 0.05) is 4.47 Å². The standard InChI is InChI=1S/C13H15BrF2/c14-11-6-4-5-10(9-11)13(12(15)16)7-2-1-3-8-13/h4-6,9,12H,1-3,7-8H2. The second-order valence-corrected chi connectivity index (χ2v) is 5.44. The summed E-state index contributed by atoms with van der Waals surface area (Å²) in [5.41, 5.74) is -0.112. The molecule has 0 amide bonds. The van der Waals surface area contributed by atoms with E-state index in [1.54, 1.807) is 0 Å². The fourth-order valence-electron chi connectivity index (χ4n) is 2.61. The van der Waals surface area contributed by atoms with Crippen LogP contribution in [0.3, 0.4) is 0 Å². The molecule has 1 aliphatic rings. The van der Waals surface area contributed by atoms with Gasteiger partial charge in [-0.25, -0.2) is 8.78 Å². The largest absolute Gasteiger partial charge is 0.248 e. The molecule has 1 aromatic rings. The number of halogens is 3. The van der Waals surface area contributed by atoms with Crippen LogP contribution in [-0.2, 0) is 5.41 Å². The molecular weight excluding hydrogens is 274 g/mol. The van der Waals surface area contributed by atoms with E-state index < -0.39 is 11.8 Å². The highest BCUT2D eigenvalue weighted by Crippen LogP contribution is 2.44. The second-order valence-electron chi connectivity index (χ2n) is 4.53. The summed E-state index contributed by atoms with van der Waals surface area (Å²) in [6.45, 7) is 0. The van der Waals surface area contributed by atoms with Crippen LogP contribution in [0.15, 0.2) is 28.7 Å². The Kier molecular flexibility index (Phi) is 3.63. The van der Waals surface area contributed by atoms with E-state index in [0.717, 1.165) is 29.3 Å². The van der Waals surface area contributed by atoms with Crippen LogP contribution < -0.4 is 0 Å². The first kappa shape index (κ1) is 12.0. The highest BCUT2D eigenvalue weighted by Gasteiger charge is 2.42. The van der Waals surface area contributed by atoms with Crippen molar-refractivity contribution in [2.24, 2.45) is 0 Å². The predicted octanol–water partition coefficient (Wildman–Crippen LogP) is 4.92. The molecule has 0 nitrogen and oxygen atoms in total. The molecular formula is C13H15BrF2. The smallest absolute Gasteiger partial charge is 0.210 e. The van der Waals surface area contributed by atoms with Crippen molar-refractivity contribution in [2.75, 3.05) is 0 Å². The van der Waals surface area contributed by atoms with Gasteiger partial charge in [-0.1, -0.05) is 47.3 Å². The average Bonchev–Trinajstić information content (AvgIpc) is 2.30. The molecule has 0 aromatic heterocycles. The maximum absolute atomic E-state index is 13.4. The van der Waals surface area contributed by atoms with Crippen LogP contribution in [0.1, 0.15) is 37.7 Å². The first-order valence-electron chi connectivity index (χ1n) is 5.69. The molecule has 3 heteroatoms. The van der Waals surface area contributed by atoms with Crippen molar-refractivity contribution >= 4 is 15.9 Å². The van der Waals surface area contributed by atoms with Gasteiger partial charge in [0.15, 0.2) is 0 Å². The van der Waals surface area contributed by atoms with E-state index in [-0.39, 0.29) is 0 Å². The van der Waals surface area contributed by atoms with Crippen LogP contribution >= 0.6 is 15.9 Å².